The van der Waals surface area contributed by atoms with Crippen molar-refractivity contribution in [3.05, 3.63) is 40.1 Å². The first-order valence-electron chi connectivity index (χ1n) is 6.59. The van der Waals surface area contributed by atoms with Crippen LogP contribution in [0.25, 0.3) is 0 Å². The Balaban J connectivity index is 2.26. The molecule has 0 spiro atoms. The van der Waals surface area contributed by atoms with Crippen LogP contribution in [0.1, 0.15) is 25.2 Å². The molecule has 20 heavy (non-hydrogen) atoms. The highest BCUT2D eigenvalue weighted by Crippen LogP contribution is 2.24. The van der Waals surface area contributed by atoms with Crippen LogP contribution >= 0.6 is 15.9 Å². The molecule has 1 aromatic heterocycles. The van der Waals surface area contributed by atoms with E-state index in [-0.39, 0.29) is 0 Å². The summed E-state index contributed by atoms with van der Waals surface area (Å²) in [6, 6.07) is 8.38. The predicted molar refractivity (Wildman–Crippen MR) is 87.7 cm³/mol. The Hall–Kier alpha value is -1.62. The third-order valence-corrected chi connectivity index (χ3v) is 3.22. The third kappa shape index (κ3) is 3.93. The summed E-state index contributed by atoms with van der Waals surface area (Å²) in [5.41, 5.74) is 2.20. The zero-order chi connectivity index (χ0) is 14.7. The summed E-state index contributed by atoms with van der Waals surface area (Å²) in [4.78, 5) is 8.81. The van der Waals surface area contributed by atoms with E-state index >= 15 is 0 Å². The molecule has 106 valence electrons. The number of rotatable bonds is 4. The van der Waals surface area contributed by atoms with Gasteiger partial charge in [0.15, 0.2) is 0 Å². The van der Waals surface area contributed by atoms with Crippen molar-refractivity contribution in [1.29, 1.82) is 0 Å². The summed E-state index contributed by atoms with van der Waals surface area (Å²) in [5, 5.41) is 6.64. The highest BCUT2D eigenvalue weighted by Gasteiger charge is 2.05. The van der Waals surface area contributed by atoms with Crippen LogP contribution in [0.4, 0.5) is 17.3 Å². The number of aryl methyl sites for hydroxylation is 2. The zero-order valence-electron chi connectivity index (χ0n) is 12.2. The van der Waals surface area contributed by atoms with E-state index < -0.39 is 0 Å². The lowest BCUT2D eigenvalue weighted by Gasteiger charge is -2.13. The summed E-state index contributed by atoms with van der Waals surface area (Å²) in [6.07, 6.45) is 0. The smallest absolute Gasteiger partial charge is 0.136 e. The van der Waals surface area contributed by atoms with Gasteiger partial charge in [0.05, 0.1) is 0 Å². The number of nitrogens with one attached hydrogen (secondary N) is 2. The number of nitrogens with zero attached hydrogens (tertiary/aromatic N) is 2. The molecule has 0 atom stereocenters. The third-order valence-electron chi connectivity index (χ3n) is 2.73. The highest BCUT2D eigenvalue weighted by molar-refractivity contribution is 9.10. The first kappa shape index (κ1) is 14.8. The maximum Gasteiger partial charge on any atom is 0.136 e. The average Bonchev–Trinajstić information content (AvgIpc) is 2.31. The number of hydrogen-bond donors (Lipinski definition) is 2. The largest absolute Gasteiger partial charge is 0.368 e. The molecule has 0 amide bonds. The second-order valence-electron chi connectivity index (χ2n) is 5.07. The van der Waals surface area contributed by atoms with Crippen LogP contribution in [-0.4, -0.2) is 16.0 Å². The molecular formula is C15H19BrN4. The Labute approximate surface area is 128 Å². The summed E-state index contributed by atoms with van der Waals surface area (Å²) in [6.45, 7) is 8.13. The maximum atomic E-state index is 4.43. The van der Waals surface area contributed by atoms with Gasteiger partial charge in [-0.25, -0.2) is 9.97 Å². The lowest BCUT2D eigenvalue weighted by Crippen LogP contribution is -2.12. The molecule has 0 unspecified atom stereocenters. The number of aromatic nitrogens is 2. The van der Waals surface area contributed by atoms with E-state index in [0.29, 0.717) is 6.04 Å². The molecule has 2 rings (SSSR count). The van der Waals surface area contributed by atoms with E-state index in [1.807, 2.05) is 25.1 Å². The summed E-state index contributed by atoms with van der Waals surface area (Å²) in [7, 11) is 0. The minimum atomic E-state index is 0.339. The number of anilines is 3. The molecule has 2 N–H and O–H groups in total. The number of halogens is 1. The monoisotopic (exact) mass is 334 g/mol. The van der Waals surface area contributed by atoms with Crippen LogP contribution in [0.5, 0.6) is 0 Å². The van der Waals surface area contributed by atoms with Crippen LogP contribution in [0, 0.1) is 13.8 Å². The molecule has 0 aliphatic rings. The second kappa shape index (κ2) is 6.22. The predicted octanol–water partition coefficient (Wildman–Crippen LogP) is 4.42. The Morgan fingerprint density at radius 2 is 1.75 bits per heavy atom. The van der Waals surface area contributed by atoms with E-state index in [1.54, 1.807) is 0 Å². The van der Waals surface area contributed by atoms with Crippen molar-refractivity contribution >= 4 is 33.3 Å². The van der Waals surface area contributed by atoms with Crippen LogP contribution in [0.15, 0.2) is 28.7 Å². The SMILES string of the molecule is Cc1nc(Nc2ccc(Br)cc2C)cc(NC(C)C)n1. The Morgan fingerprint density at radius 1 is 1.05 bits per heavy atom. The van der Waals surface area contributed by atoms with Gasteiger partial charge in [0, 0.05) is 22.3 Å². The van der Waals surface area contributed by atoms with Gasteiger partial charge in [0.1, 0.15) is 17.5 Å². The molecule has 0 aliphatic carbocycles. The summed E-state index contributed by atoms with van der Waals surface area (Å²) in [5.74, 6) is 2.38. The summed E-state index contributed by atoms with van der Waals surface area (Å²) < 4.78 is 1.07. The highest BCUT2D eigenvalue weighted by atomic mass is 79.9. The van der Waals surface area contributed by atoms with Crippen molar-refractivity contribution in [2.75, 3.05) is 10.6 Å². The normalized spacial score (nSPS) is 10.7. The van der Waals surface area contributed by atoms with Gasteiger partial charge in [-0.1, -0.05) is 15.9 Å². The molecule has 2 aromatic rings. The second-order valence-corrected chi connectivity index (χ2v) is 5.98. The van der Waals surface area contributed by atoms with Gasteiger partial charge < -0.3 is 10.6 Å². The lowest BCUT2D eigenvalue weighted by atomic mass is 10.2. The molecule has 0 saturated carbocycles. The van der Waals surface area contributed by atoms with Gasteiger partial charge in [-0.05, 0) is 51.5 Å². The molecular weight excluding hydrogens is 316 g/mol. The van der Waals surface area contributed by atoms with Gasteiger partial charge in [-0.2, -0.15) is 0 Å². The van der Waals surface area contributed by atoms with Crippen LogP contribution < -0.4 is 10.6 Å². The first-order chi connectivity index (χ1) is 9.44. The maximum absolute atomic E-state index is 4.43. The molecule has 5 heteroatoms. The van der Waals surface area contributed by atoms with Crippen molar-refractivity contribution in [2.45, 2.75) is 33.7 Å². The van der Waals surface area contributed by atoms with Crippen LogP contribution in [-0.2, 0) is 0 Å². The molecule has 0 aliphatic heterocycles. The van der Waals surface area contributed by atoms with Crippen molar-refractivity contribution in [1.82, 2.24) is 9.97 Å². The molecule has 4 nitrogen and oxygen atoms in total. The van der Waals surface area contributed by atoms with Gasteiger partial charge in [-0.15, -0.1) is 0 Å². The van der Waals surface area contributed by atoms with E-state index in [1.165, 1.54) is 0 Å². The Kier molecular flexibility index (Phi) is 4.60. The minimum absolute atomic E-state index is 0.339. The van der Waals surface area contributed by atoms with E-state index in [0.717, 1.165) is 33.2 Å². The van der Waals surface area contributed by atoms with E-state index in [2.05, 4.69) is 63.4 Å². The molecule has 1 heterocycles. The molecule has 0 fully saturated rings. The zero-order valence-corrected chi connectivity index (χ0v) is 13.7. The first-order valence-corrected chi connectivity index (χ1v) is 7.39. The average molecular weight is 335 g/mol. The molecule has 0 bridgehead atoms. The standard InChI is InChI=1S/C15H19BrN4/c1-9(2)17-14-8-15(19-11(4)18-14)20-13-6-5-12(16)7-10(13)3/h5-9H,1-4H3,(H2,17,18,19,20). The number of hydrogen-bond acceptors (Lipinski definition) is 4. The Bertz CT molecular complexity index is 611. The quantitative estimate of drug-likeness (QED) is 0.868. The van der Waals surface area contributed by atoms with Gasteiger partial charge >= 0.3 is 0 Å². The topological polar surface area (TPSA) is 49.8 Å². The lowest BCUT2D eigenvalue weighted by molar-refractivity contribution is 0.881. The van der Waals surface area contributed by atoms with E-state index in [4.69, 9.17) is 0 Å². The fourth-order valence-electron chi connectivity index (χ4n) is 1.91. The van der Waals surface area contributed by atoms with Crippen molar-refractivity contribution in [3.8, 4) is 0 Å². The molecule has 0 saturated heterocycles. The van der Waals surface area contributed by atoms with Crippen LogP contribution in [0.3, 0.4) is 0 Å². The molecule has 0 radical (unpaired) electrons. The minimum Gasteiger partial charge on any atom is -0.368 e. The van der Waals surface area contributed by atoms with Crippen molar-refractivity contribution in [3.63, 3.8) is 0 Å². The van der Waals surface area contributed by atoms with Gasteiger partial charge in [0.2, 0.25) is 0 Å². The number of benzene rings is 1. The van der Waals surface area contributed by atoms with Crippen molar-refractivity contribution < 1.29 is 0 Å². The van der Waals surface area contributed by atoms with Gasteiger partial charge in [-0.3, -0.25) is 0 Å². The molecule has 1 aromatic carbocycles. The fraction of sp³-hybridized carbons (Fsp3) is 0.333. The summed E-state index contributed by atoms with van der Waals surface area (Å²) >= 11 is 3.47. The van der Waals surface area contributed by atoms with Crippen molar-refractivity contribution in [2.24, 2.45) is 0 Å². The van der Waals surface area contributed by atoms with Crippen LogP contribution in [0.2, 0.25) is 0 Å². The van der Waals surface area contributed by atoms with E-state index in [9.17, 15) is 0 Å². The Morgan fingerprint density at radius 3 is 2.40 bits per heavy atom. The van der Waals surface area contributed by atoms with Gasteiger partial charge in [0.25, 0.3) is 0 Å². The fourth-order valence-corrected chi connectivity index (χ4v) is 2.38.